The third-order valence-electron chi connectivity index (χ3n) is 3.78. The molecule has 2 aromatic carbocycles. The van der Waals surface area contributed by atoms with Crippen molar-refractivity contribution in [3.8, 4) is 28.5 Å². The monoisotopic (exact) mass is 296 g/mol. The molecule has 2 aromatic heterocycles. The van der Waals surface area contributed by atoms with Gasteiger partial charge in [0.1, 0.15) is 11.6 Å². The number of benzene rings is 2. The van der Waals surface area contributed by atoms with Crippen LogP contribution in [0.5, 0.6) is 0 Å². The summed E-state index contributed by atoms with van der Waals surface area (Å²) >= 11 is 0. The fourth-order valence-electron chi connectivity index (χ4n) is 2.71. The summed E-state index contributed by atoms with van der Waals surface area (Å²) in [4.78, 5) is 4.45. The standard InChI is InChI=1S/C19H12N4/c20-11-16-12-22-23-18(15-9-5-2-6-10-15)17(13-21-19(16)23)14-7-3-1-4-8-14/h1-10,12-13H. The van der Waals surface area contributed by atoms with Gasteiger partial charge in [0.15, 0.2) is 5.65 Å². The van der Waals surface area contributed by atoms with E-state index in [2.05, 4.69) is 16.2 Å². The molecule has 4 nitrogen and oxygen atoms in total. The molecular formula is C19H12N4. The first-order chi connectivity index (χ1) is 11.4. The van der Waals surface area contributed by atoms with E-state index in [9.17, 15) is 5.26 Å². The van der Waals surface area contributed by atoms with Gasteiger partial charge in [0.2, 0.25) is 0 Å². The van der Waals surface area contributed by atoms with Crippen molar-refractivity contribution in [3.05, 3.63) is 78.6 Å². The van der Waals surface area contributed by atoms with E-state index in [1.165, 1.54) is 0 Å². The Labute approximate surface area is 133 Å². The molecule has 0 saturated heterocycles. The first-order valence-electron chi connectivity index (χ1n) is 7.26. The fraction of sp³-hybridized carbons (Fsp3) is 0. The van der Waals surface area contributed by atoms with Crippen molar-refractivity contribution in [3.63, 3.8) is 0 Å². The van der Waals surface area contributed by atoms with E-state index in [4.69, 9.17) is 0 Å². The van der Waals surface area contributed by atoms with Gasteiger partial charge < -0.3 is 0 Å². The molecule has 4 aromatic rings. The summed E-state index contributed by atoms with van der Waals surface area (Å²) in [7, 11) is 0. The maximum absolute atomic E-state index is 9.23. The SMILES string of the molecule is N#Cc1cnn2c(-c3ccccc3)c(-c3ccccc3)cnc12. The zero-order valence-electron chi connectivity index (χ0n) is 12.2. The highest BCUT2D eigenvalue weighted by Crippen LogP contribution is 2.32. The molecule has 0 aliphatic carbocycles. The van der Waals surface area contributed by atoms with E-state index in [-0.39, 0.29) is 0 Å². The molecule has 0 fully saturated rings. The Balaban J connectivity index is 2.10. The molecule has 4 heteroatoms. The van der Waals surface area contributed by atoms with Crippen molar-refractivity contribution in [1.29, 1.82) is 5.26 Å². The van der Waals surface area contributed by atoms with Crippen LogP contribution in [0.3, 0.4) is 0 Å². The van der Waals surface area contributed by atoms with Crippen molar-refractivity contribution >= 4 is 5.65 Å². The minimum atomic E-state index is 0.474. The van der Waals surface area contributed by atoms with Crippen LogP contribution in [0.2, 0.25) is 0 Å². The Hall–Kier alpha value is -3.45. The highest BCUT2D eigenvalue weighted by atomic mass is 15.3. The molecule has 0 atom stereocenters. The van der Waals surface area contributed by atoms with E-state index >= 15 is 0 Å². The molecular weight excluding hydrogens is 284 g/mol. The number of rotatable bonds is 2. The van der Waals surface area contributed by atoms with Crippen LogP contribution in [0, 0.1) is 11.3 Å². The molecule has 0 amide bonds. The summed E-state index contributed by atoms with van der Waals surface area (Å²) in [5.41, 5.74) is 5.06. The zero-order chi connectivity index (χ0) is 15.6. The number of nitrogens with zero attached hydrogens (tertiary/aromatic N) is 4. The molecule has 0 unspecified atom stereocenters. The highest BCUT2D eigenvalue weighted by Gasteiger charge is 2.15. The predicted molar refractivity (Wildman–Crippen MR) is 88.6 cm³/mol. The van der Waals surface area contributed by atoms with Crippen molar-refractivity contribution in [2.75, 3.05) is 0 Å². The minimum Gasteiger partial charge on any atom is -0.235 e. The van der Waals surface area contributed by atoms with Gasteiger partial charge >= 0.3 is 0 Å². The number of hydrogen-bond acceptors (Lipinski definition) is 3. The van der Waals surface area contributed by atoms with E-state index in [0.29, 0.717) is 11.2 Å². The van der Waals surface area contributed by atoms with Gasteiger partial charge in [-0.05, 0) is 5.56 Å². The van der Waals surface area contributed by atoms with Gasteiger partial charge in [0, 0.05) is 17.3 Å². The molecule has 0 aliphatic rings. The lowest BCUT2D eigenvalue weighted by molar-refractivity contribution is 0.950. The van der Waals surface area contributed by atoms with E-state index in [1.807, 2.05) is 66.9 Å². The summed E-state index contributed by atoms with van der Waals surface area (Å²) in [5.74, 6) is 0. The maximum Gasteiger partial charge on any atom is 0.173 e. The molecule has 0 bridgehead atoms. The van der Waals surface area contributed by atoms with Crippen LogP contribution in [0.15, 0.2) is 73.1 Å². The van der Waals surface area contributed by atoms with Crippen LogP contribution in [-0.2, 0) is 0 Å². The molecule has 0 radical (unpaired) electrons. The second kappa shape index (κ2) is 5.39. The molecule has 0 saturated carbocycles. The van der Waals surface area contributed by atoms with Gasteiger partial charge in [0.05, 0.1) is 11.9 Å². The molecule has 0 N–H and O–H groups in total. The zero-order valence-corrected chi connectivity index (χ0v) is 12.2. The average Bonchev–Trinajstić information content (AvgIpc) is 3.05. The number of hydrogen-bond donors (Lipinski definition) is 0. The molecule has 2 heterocycles. The second-order valence-corrected chi connectivity index (χ2v) is 5.16. The summed E-state index contributed by atoms with van der Waals surface area (Å²) < 4.78 is 1.75. The number of fused-ring (bicyclic) bond motifs is 1. The largest absolute Gasteiger partial charge is 0.235 e. The third kappa shape index (κ3) is 2.16. The summed E-state index contributed by atoms with van der Waals surface area (Å²) in [6.45, 7) is 0. The summed E-state index contributed by atoms with van der Waals surface area (Å²) in [6.07, 6.45) is 3.37. The van der Waals surface area contributed by atoms with Crippen LogP contribution in [0.25, 0.3) is 28.0 Å². The van der Waals surface area contributed by atoms with Crippen molar-refractivity contribution in [1.82, 2.24) is 14.6 Å². The normalized spacial score (nSPS) is 10.6. The van der Waals surface area contributed by atoms with Crippen molar-refractivity contribution in [2.45, 2.75) is 0 Å². The highest BCUT2D eigenvalue weighted by molar-refractivity contribution is 5.82. The fourth-order valence-corrected chi connectivity index (χ4v) is 2.71. The Bertz CT molecular complexity index is 1010. The van der Waals surface area contributed by atoms with E-state index in [1.54, 1.807) is 10.7 Å². The van der Waals surface area contributed by atoms with Gasteiger partial charge in [-0.1, -0.05) is 60.7 Å². The third-order valence-corrected chi connectivity index (χ3v) is 3.78. The average molecular weight is 296 g/mol. The van der Waals surface area contributed by atoms with E-state index in [0.717, 1.165) is 22.4 Å². The lowest BCUT2D eigenvalue weighted by atomic mass is 10.0. The molecule has 4 rings (SSSR count). The maximum atomic E-state index is 9.23. The summed E-state index contributed by atoms with van der Waals surface area (Å²) in [6, 6.07) is 22.3. The van der Waals surface area contributed by atoms with Crippen LogP contribution < -0.4 is 0 Å². The molecule has 108 valence electrons. The van der Waals surface area contributed by atoms with Gasteiger partial charge in [-0.2, -0.15) is 10.4 Å². The quantitative estimate of drug-likeness (QED) is 0.563. The minimum absolute atomic E-state index is 0.474. The van der Waals surface area contributed by atoms with Crippen molar-refractivity contribution < 1.29 is 0 Å². The number of nitriles is 1. The van der Waals surface area contributed by atoms with Crippen LogP contribution in [0.1, 0.15) is 5.56 Å². The van der Waals surface area contributed by atoms with Gasteiger partial charge in [-0.25, -0.2) is 9.50 Å². The first kappa shape index (κ1) is 13.2. The van der Waals surface area contributed by atoms with Crippen LogP contribution in [-0.4, -0.2) is 14.6 Å². The Kier molecular flexibility index (Phi) is 3.10. The first-order valence-corrected chi connectivity index (χ1v) is 7.26. The lowest BCUT2D eigenvalue weighted by Gasteiger charge is -2.11. The molecule has 23 heavy (non-hydrogen) atoms. The summed E-state index contributed by atoms with van der Waals surface area (Å²) in [5, 5.41) is 13.6. The topological polar surface area (TPSA) is 54.0 Å². The van der Waals surface area contributed by atoms with Crippen LogP contribution in [0.4, 0.5) is 0 Å². The lowest BCUT2D eigenvalue weighted by Crippen LogP contribution is -1.99. The van der Waals surface area contributed by atoms with Gasteiger partial charge in [0.25, 0.3) is 0 Å². The Morgan fingerprint density at radius 2 is 1.48 bits per heavy atom. The van der Waals surface area contributed by atoms with Gasteiger partial charge in [-0.3, -0.25) is 0 Å². The van der Waals surface area contributed by atoms with Crippen LogP contribution >= 0.6 is 0 Å². The van der Waals surface area contributed by atoms with Gasteiger partial charge in [-0.15, -0.1) is 0 Å². The Morgan fingerprint density at radius 3 is 2.13 bits per heavy atom. The predicted octanol–water partition coefficient (Wildman–Crippen LogP) is 3.93. The molecule has 0 aliphatic heterocycles. The smallest absolute Gasteiger partial charge is 0.173 e. The molecule has 0 spiro atoms. The number of aromatic nitrogens is 3. The Morgan fingerprint density at radius 1 is 0.826 bits per heavy atom. The van der Waals surface area contributed by atoms with Crippen molar-refractivity contribution in [2.24, 2.45) is 0 Å². The second-order valence-electron chi connectivity index (χ2n) is 5.16. The van der Waals surface area contributed by atoms with E-state index < -0.39 is 0 Å².